The zero-order chi connectivity index (χ0) is 13.3. The topological polar surface area (TPSA) is 88.8 Å². The Morgan fingerprint density at radius 1 is 1.17 bits per heavy atom. The van der Waals surface area contributed by atoms with Gasteiger partial charge in [0.2, 0.25) is 0 Å². The van der Waals surface area contributed by atoms with Crippen molar-refractivity contribution in [3.05, 3.63) is 34.2 Å². The molecule has 0 aliphatic heterocycles. The van der Waals surface area contributed by atoms with Crippen LogP contribution in [-0.4, -0.2) is 20.2 Å². The molecule has 0 radical (unpaired) electrons. The van der Waals surface area contributed by atoms with Crippen molar-refractivity contribution < 1.29 is 23.8 Å². The van der Waals surface area contributed by atoms with Crippen molar-refractivity contribution in [1.82, 2.24) is 0 Å². The van der Waals surface area contributed by atoms with Crippen LogP contribution in [0.2, 0.25) is 0 Å². The van der Waals surface area contributed by atoms with E-state index in [1.54, 1.807) is 0 Å². The summed E-state index contributed by atoms with van der Waals surface area (Å²) in [6.45, 7) is 0. The highest BCUT2D eigenvalue weighted by atomic mass is 16.5. The highest BCUT2D eigenvalue weighted by Gasteiger charge is 2.11. The molecule has 1 aromatic heterocycles. The molecular weight excluding hydrogens is 240 g/mol. The Morgan fingerprint density at radius 2 is 1.78 bits per heavy atom. The van der Waals surface area contributed by atoms with Gasteiger partial charge < -0.3 is 23.8 Å². The Balaban J connectivity index is 2.78. The predicted molar refractivity (Wildman–Crippen MR) is 59.9 cm³/mol. The van der Waals surface area contributed by atoms with Crippen LogP contribution in [0.3, 0.4) is 0 Å². The maximum Gasteiger partial charge on any atom is 0.345 e. The molecule has 6 nitrogen and oxygen atoms in total. The molecule has 1 heterocycles. The summed E-state index contributed by atoms with van der Waals surface area (Å²) in [5, 5.41) is 11.1. The smallest absolute Gasteiger partial charge is 0.345 e. The van der Waals surface area contributed by atoms with Crippen LogP contribution in [-0.2, 0) is 0 Å². The summed E-state index contributed by atoms with van der Waals surface area (Å²) in [6.07, 6.45) is 0. The van der Waals surface area contributed by atoms with E-state index in [0.29, 0.717) is 16.9 Å². The lowest BCUT2D eigenvalue weighted by atomic mass is 10.1. The van der Waals surface area contributed by atoms with E-state index in [-0.39, 0.29) is 5.58 Å². The van der Waals surface area contributed by atoms with Gasteiger partial charge in [-0.05, 0) is 12.1 Å². The van der Waals surface area contributed by atoms with Gasteiger partial charge in [0.05, 0.1) is 25.8 Å². The molecule has 0 aliphatic rings. The van der Waals surface area contributed by atoms with Gasteiger partial charge in [0.15, 0.2) is 11.5 Å². The summed E-state index contributed by atoms with van der Waals surface area (Å²) in [5.74, 6) is -0.794. The Kier molecular flexibility index (Phi) is 2.93. The van der Waals surface area contributed by atoms with Crippen LogP contribution in [0.4, 0.5) is 0 Å². The quantitative estimate of drug-likeness (QED) is 0.720. The molecule has 0 atom stereocenters. The lowest BCUT2D eigenvalue weighted by molar-refractivity contribution is -0.255. The van der Waals surface area contributed by atoms with E-state index in [1.165, 1.54) is 32.4 Å². The Hall–Kier alpha value is -2.50. The van der Waals surface area contributed by atoms with Gasteiger partial charge in [-0.3, -0.25) is 0 Å². The monoisotopic (exact) mass is 249 g/mol. The highest BCUT2D eigenvalue weighted by molar-refractivity contribution is 5.91. The number of rotatable bonds is 3. The van der Waals surface area contributed by atoms with Crippen molar-refractivity contribution >= 4 is 16.9 Å². The molecule has 0 saturated carbocycles. The van der Waals surface area contributed by atoms with Crippen LogP contribution in [0.5, 0.6) is 11.5 Å². The Morgan fingerprint density at radius 3 is 2.33 bits per heavy atom. The number of carbonyl (C=O) groups is 1. The third kappa shape index (κ3) is 1.88. The molecule has 18 heavy (non-hydrogen) atoms. The molecule has 0 spiro atoms. The first-order valence-electron chi connectivity index (χ1n) is 4.98. The standard InChI is InChI=1S/C12H10O6/c1-16-9-4-6-3-7(11(13)14)12(15)18-8(6)5-10(9)17-2/h3-5H,1-2H3,(H,13,14)/p-1. The number of benzene rings is 1. The lowest BCUT2D eigenvalue weighted by Crippen LogP contribution is -2.28. The van der Waals surface area contributed by atoms with E-state index in [0.717, 1.165) is 0 Å². The van der Waals surface area contributed by atoms with Gasteiger partial charge >= 0.3 is 5.63 Å². The molecule has 2 aromatic rings. The van der Waals surface area contributed by atoms with E-state index in [9.17, 15) is 14.7 Å². The number of fused-ring (bicyclic) bond motifs is 1. The van der Waals surface area contributed by atoms with Crippen LogP contribution in [0.15, 0.2) is 27.4 Å². The average molecular weight is 249 g/mol. The number of hydrogen-bond acceptors (Lipinski definition) is 6. The lowest BCUT2D eigenvalue weighted by Gasteiger charge is -2.09. The molecule has 1 aromatic carbocycles. The minimum atomic E-state index is -1.58. The van der Waals surface area contributed by atoms with Crippen molar-refractivity contribution in [2.75, 3.05) is 14.2 Å². The number of carboxylic acid groups (broad SMARTS) is 1. The van der Waals surface area contributed by atoms with Gasteiger partial charge in [0, 0.05) is 11.5 Å². The van der Waals surface area contributed by atoms with E-state index in [1.807, 2.05) is 0 Å². The largest absolute Gasteiger partial charge is 0.545 e. The molecule has 94 valence electrons. The average Bonchev–Trinajstić information content (AvgIpc) is 2.36. The van der Waals surface area contributed by atoms with Crippen LogP contribution in [0.25, 0.3) is 11.0 Å². The fourth-order valence-corrected chi connectivity index (χ4v) is 1.59. The summed E-state index contributed by atoms with van der Waals surface area (Å²) < 4.78 is 15.0. The first-order chi connectivity index (χ1) is 8.56. The van der Waals surface area contributed by atoms with Crippen molar-refractivity contribution in [3.8, 4) is 11.5 Å². The summed E-state index contributed by atoms with van der Waals surface area (Å²) >= 11 is 0. The molecule has 0 saturated heterocycles. The molecule has 0 N–H and O–H groups in total. The molecule has 0 amide bonds. The molecule has 0 aliphatic carbocycles. The summed E-state index contributed by atoms with van der Waals surface area (Å²) in [4.78, 5) is 22.1. The van der Waals surface area contributed by atoms with Crippen molar-refractivity contribution in [2.45, 2.75) is 0 Å². The minimum absolute atomic E-state index is 0.211. The number of ether oxygens (including phenoxy) is 2. The zero-order valence-corrected chi connectivity index (χ0v) is 9.68. The Labute approximate surface area is 101 Å². The first kappa shape index (κ1) is 12.0. The predicted octanol–water partition coefficient (Wildman–Crippen LogP) is 0.174. The molecule has 6 heteroatoms. The van der Waals surface area contributed by atoms with Crippen LogP contribution in [0.1, 0.15) is 10.4 Å². The maximum absolute atomic E-state index is 11.4. The summed E-state index contributed by atoms with van der Waals surface area (Å²) in [5.41, 5.74) is -1.29. The van der Waals surface area contributed by atoms with Gasteiger partial charge in [-0.15, -0.1) is 0 Å². The second-order valence-corrected chi connectivity index (χ2v) is 3.48. The van der Waals surface area contributed by atoms with Gasteiger partial charge in [0.25, 0.3) is 0 Å². The molecular formula is C12H9O6-. The number of carboxylic acids is 1. The number of methoxy groups -OCH3 is 2. The second-order valence-electron chi connectivity index (χ2n) is 3.48. The Bertz CT molecular complexity index is 670. The third-order valence-corrected chi connectivity index (χ3v) is 2.46. The van der Waals surface area contributed by atoms with Crippen molar-refractivity contribution in [3.63, 3.8) is 0 Å². The summed E-state index contributed by atoms with van der Waals surface area (Å²) in [7, 11) is 2.89. The van der Waals surface area contributed by atoms with E-state index >= 15 is 0 Å². The van der Waals surface area contributed by atoms with E-state index in [2.05, 4.69) is 0 Å². The van der Waals surface area contributed by atoms with Gasteiger partial charge in [-0.25, -0.2) is 4.79 Å². The van der Waals surface area contributed by atoms with Crippen molar-refractivity contribution in [1.29, 1.82) is 0 Å². The normalized spacial score (nSPS) is 10.3. The van der Waals surface area contributed by atoms with Crippen LogP contribution in [0, 0.1) is 0 Å². The third-order valence-electron chi connectivity index (χ3n) is 2.46. The molecule has 0 unspecified atom stereocenters. The zero-order valence-electron chi connectivity index (χ0n) is 9.68. The van der Waals surface area contributed by atoms with E-state index in [4.69, 9.17) is 13.9 Å². The first-order valence-corrected chi connectivity index (χ1v) is 4.98. The molecule has 0 bridgehead atoms. The summed E-state index contributed by atoms with van der Waals surface area (Å²) in [6, 6.07) is 4.15. The minimum Gasteiger partial charge on any atom is -0.545 e. The number of aromatic carboxylic acids is 1. The van der Waals surface area contributed by atoms with Gasteiger partial charge in [-0.2, -0.15) is 0 Å². The fraction of sp³-hybridized carbons (Fsp3) is 0.167. The second kappa shape index (κ2) is 4.40. The van der Waals surface area contributed by atoms with Gasteiger partial charge in [-0.1, -0.05) is 0 Å². The van der Waals surface area contributed by atoms with Gasteiger partial charge in [0.1, 0.15) is 5.58 Å². The van der Waals surface area contributed by atoms with Crippen LogP contribution < -0.4 is 20.2 Å². The van der Waals surface area contributed by atoms with Crippen molar-refractivity contribution in [2.24, 2.45) is 0 Å². The number of carbonyl (C=O) groups excluding carboxylic acids is 1. The molecule has 0 fully saturated rings. The maximum atomic E-state index is 11.4. The van der Waals surface area contributed by atoms with E-state index < -0.39 is 17.2 Å². The highest BCUT2D eigenvalue weighted by Crippen LogP contribution is 2.31. The fourth-order valence-electron chi connectivity index (χ4n) is 1.59. The van der Waals surface area contributed by atoms with Crippen LogP contribution >= 0.6 is 0 Å². The SMILES string of the molecule is COc1cc2cc(C(=O)[O-])c(=O)oc2cc1OC. The number of hydrogen-bond donors (Lipinski definition) is 0. The molecule has 2 rings (SSSR count).